The van der Waals surface area contributed by atoms with Crippen LogP contribution in [-0.4, -0.2) is 24.0 Å². The fraction of sp³-hybridized carbons (Fsp3) is 0.0345. The Bertz CT molecular complexity index is 1470. The Balaban J connectivity index is 1.35. The zero-order valence-electron chi connectivity index (χ0n) is 19.9. The van der Waals surface area contributed by atoms with Crippen molar-refractivity contribution in [1.82, 2.24) is 5.43 Å². The molecule has 0 aliphatic heterocycles. The average molecular weight is 591 g/mol. The molecular formula is C29H21BrClN3O4. The summed E-state index contributed by atoms with van der Waals surface area (Å²) >= 11 is 9.25. The first-order chi connectivity index (χ1) is 18.4. The number of nitrogens with zero attached hydrogens (tertiary/aromatic N) is 1. The Kier molecular flexibility index (Phi) is 9.02. The summed E-state index contributed by atoms with van der Waals surface area (Å²) in [5.74, 6) is -0.847. The molecule has 4 rings (SSSR count). The molecule has 2 amide bonds. The zero-order chi connectivity index (χ0) is 26.9. The Hall–Kier alpha value is -4.27. The fourth-order valence-corrected chi connectivity index (χ4v) is 3.87. The minimum atomic E-state index is -0.450. The summed E-state index contributed by atoms with van der Waals surface area (Å²) in [6.45, 7) is 0. The zero-order valence-corrected chi connectivity index (χ0v) is 22.2. The van der Waals surface area contributed by atoms with Gasteiger partial charge >= 0.3 is 5.97 Å². The monoisotopic (exact) mass is 589 g/mol. The molecule has 0 saturated heterocycles. The van der Waals surface area contributed by atoms with Crippen LogP contribution >= 0.6 is 27.5 Å². The molecular weight excluding hydrogens is 570 g/mol. The van der Waals surface area contributed by atoms with Gasteiger partial charge in [-0.1, -0.05) is 57.9 Å². The molecule has 0 atom stereocenters. The predicted octanol–water partition coefficient (Wildman–Crippen LogP) is 6.27. The van der Waals surface area contributed by atoms with E-state index in [9.17, 15) is 14.4 Å². The molecule has 9 heteroatoms. The summed E-state index contributed by atoms with van der Waals surface area (Å²) in [6, 6.07) is 27.3. The second-order valence-corrected chi connectivity index (χ2v) is 9.41. The molecule has 0 fully saturated rings. The maximum atomic E-state index is 12.5. The van der Waals surface area contributed by atoms with Crippen LogP contribution in [-0.2, 0) is 11.2 Å². The van der Waals surface area contributed by atoms with Crippen molar-refractivity contribution in [2.24, 2.45) is 5.10 Å². The second-order valence-electron chi connectivity index (χ2n) is 8.06. The van der Waals surface area contributed by atoms with Crippen LogP contribution in [0.15, 0.2) is 107 Å². The highest BCUT2D eigenvalue weighted by Gasteiger charge is 2.11. The minimum Gasteiger partial charge on any atom is -0.426 e. The molecule has 0 saturated carbocycles. The maximum Gasteiger partial charge on any atom is 0.315 e. The minimum absolute atomic E-state index is 0.125. The van der Waals surface area contributed by atoms with E-state index in [1.54, 1.807) is 66.7 Å². The van der Waals surface area contributed by atoms with Crippen molar-refractivity contribution in [2.45, 2.75) is 6.42 Å². The molecule has 4 aromatic rings. The molecule has 0 bridgehead atoms. The lowest BCUT2D eigenvalue weighted by molar-refractivity contribution is -0.133. The van der Waals surface area contributed by atoms with Gasteiger partial charge in [-0.05, 0) is 72.3 Å². The highest BCUT2D eigenvalue weighted by Crippen LogP contribution is 2.22. The van der Waals surface area contributed by atoms with E-state index in [1.807, 2.05) is 30.3 Å². The Labute approximate surface area is 232 Å². The number of benzene rings is 4. The van der Waals surface area contributed by atoms with Gasteiger partial charge in [0.2, 0.25) is 0 Å². The van der Waals surface area contributed by atoms with Crippen LogP contribution in [0.25, 0.3) is 0 Å². The topological polar surface area (TPSA) is 96.9 Å². The van der Waals surface area contributed by atoms with E-state index in [4.69, 9.17) is 16.3 Å². The van der Waals surface area contributed by atoms with E-state index in [0.29, 0.717) is 33.1 Å². The van der Waals surface area contributed by atoms with Crippen LogP contribution in [0.3, 0.4) is 0 Å². The van der Waals surface area contributed by atoms with Gasteiger partial charge in [0.1, 0.15) is 5.75 Å². The lowest BCUT2D eigenvalue weighted by Crippen LogP contribution is -2.18. The van der Waals surface area contributed by atoms with Crippen LogP contribution < -0.4 is 15.5 Å². The van der Waals surface area contributed by atoms with Crippen LogP contribution in [0, 0.1) is 0 Å². The van der Waals surface area contributed by atoms with Crippen molar-refractivity contribution in [3.8, 4) is 5.75 Å². The summed E-state index contributed by atoms with van der Waals surface area (Å²) in [4.78, 5) is 37.3. The molecule has 7 nitrogen and oxygen atoms in total. The third-order valence-corrected chi connectivity index (χ3v) is 6.01. The molecule has 0 radical (unpaired) electrons. The summed E-state index contributed by atoms with van der Waals surface area (Å²) in [5.41, 5.74) is 5.13. The van der Waals surface area contributed by atoms with Crippen molar-refractivity contribution < 1.29 is 19.1 Å². The predicted molar refractivity (Wildman–Crippen MR) is 151 cm³/mol. The number of carbonyl (C=O) groups is 3. The van der Waals surface area contributed by atoms with Gasteiger partial charge in [-0.15, -0.1) is 0 Å². The van der Waals surface area contributed by atoms with Gasteiger partial charge < -0.3 is 10.1 Å². The Morgan fingerprint density at radius 2 is 1.50 bits per heavy atom. The lowest BCUT2D eigenvalue weighted by atomic mass is 10.1. The van der Waals surface area contributed by atoms with Gasteiger partial charge in [0.05, 0.1) is 12.6 Å². The van der Waals surface area contributed by atoms with Gasteiger partial charge in [-0.3, -0.25) is 14.4 Å². The Morgan fingerprint density at radius 1 is 0.842 bits per heavy atom. The number of hydrogen-bond donors (Lipinski definition) is 2. The first kappa shape index (κ1) is 26.8. The quantitative estimate of drug-likeness (QED) is 0.109. The first-order valence-electron chi connectivity index (χ1n) is 11.4. The lowest BCUT2D eigenvalue weighted by Gasteiger charge is -2.08. The average Bonchev–Trinajstić information content (AvgIpc) is 2.91. The normalized spacial score (nSPS) is 10.7. The van der Waals surface area contributed by atoms with E-state index in [-0.39, 0.29) is 12.3 Å². The smallest absolute Gasteiger partial charge is 0.315 e. The van der Waals surface area contributed by atoms with Gasteiger partial charge in [-0.25, -0.2) is 5.43 Å². The van der Waals surface area contributed by atoms with E-state index >= 15 is 0 Å². The fourth-order valence-electron chi connectivity index (χ4n) is 3.37. The molecule has 0 aromatic heterocycles. The van der Waals surface area contributed by atoms with Gasteiger partial charge in [0.15, 0.2) is 0 Å². The van der Waals surface area contributed by atoms with Crippen LogP contribution in [0.4, 0.5) is 5.69 Å². The van der Waals surface area contributed by atoms with Gasteiger partial charge in [0.25, 0.3) is 11.8 Å². The first-order valence-corrected chi connectivity index (χ1v) is 12.6. The number of hydrogen-bond acceptors (Lipinski definition) is 5. The Morgan fingerprint density at radius 3 is 2.21 bits per heavy atom. The number of ether oxygens (including phenoxy) is 1. The number of rotatable bonds is 8. The number of nitrogens with one attached hydrogen (secondary N) is 2. The third kappa shape index (κ3) is 7.61. The number of esters is 1. The summed E-state index contributed by atoms with van der Waals surface area (Å²) < 4.78 is 6.28. The molecule has 0 unspecified atom stereocenters. The second kappa shape index (κ2) is 12.8. The largest absolute Gasteiger partial charge is 0.426 e. The standard InChI is InChI=1S/C29H21BrClN3O4/c30-23-10-15-26(38-27(35)16-19-4-2-1-3-5-19)22(17-23)18-32-34-29(37)21-8-13-25(14-9-21)33-28(36)20-6-11-24(31)12-7-20/h1-15,17-18H,16H2,(H,33,36)(H,34,37)/b32-18-. The van der Waals surface area contributed by atoms with Crippen molar-refractivity contribution in [3.63, 3.8) is 0 Å². The molecule has 2 N–H and O–H groups in total. The number of amides is 2. The summed E-state index contributed by atoms with van der Waals surface area (Å²) in [7, 11) is 0. The molecule has 0 aliphatic carbocycles. The van der Waals surface area contributed by atoms with E-state index in [1.165, 1.54) is 6.21 Å². The van der Waals surface area contributed by atoms with E-state index < -0.39 is 11.9 Å². The van der Waals surface area contributed by atoms with Crippen molar-refractivity contribution in [3.05, 3.63) is 129 Å². The van der Waals surface area contributed by atoms with Crippen molar-refractivity contribution in [2.75, 3.05) is 5.32 Å². The molecule has 38 heavy (non-hydrogen) atoms. The van der Waals surface area contributed by atoms with Crippen LogP contribution in [0.5, 0.6) is 5.75 Å². The van der Waals surface area contributed by atoms with Crippen molar-refractivity contribution in [1.29, 1.82) is 0 Å². The molecule has 4 aromatic carbocycles. The molecule has 190 valence electrons. The summed E-state index contributed by atoms with van der Waals surface area (Å²) in [6.07, 6.45) is 1.52. The van der Waals surface area contributed by atoms with E-state index in [0.717, 1.165) is 10.0 Å². The highest BCUT2D eigenvalue weighted by atomic mass is 79.9. The SMILES string of the molecule is O=C(Cc1ccccc1)Oc1ccc(Br)cc1/C=N\NC(=O)c1ccc(NC(=O)c2ccc(Cl)cc2)cc1. The van der Waals surface area contributed by atoms with Gasteiger partial charge in [-0.2, -0.15) is 5.10 Å². The van der Waals surface area contributed by atoms with E-state index in [2.05, 4.69) is 31.8 Å². The molecule has 0 spiro atoms. The number of halogens is 2. The number of anilines is 1. The van der Waals surface area contributed by atoms with Gasteiger partial charge in [0, 0.05) is 31.9 Å². The molecule has 0 heterocycles. The summed E-state index contributed by atoms with van der Waals surface area (Å²) in [5, 5.41) is 7.31. The third-order valence-electron chi connectivity index (χ3n) is 5.27. The van der Waals surface area contributed by atoms with Crippen molar-refractivity contribution >= 4 is 57.2 Å². The van der Waals surface area contributed by atoms with Crippen LogP contribution in [0.2, 0.25) is 5.02 Å². The number of hydrazone groups is 1. The maximum absolute atomic E-state index is 12.5. The highest BCUT2D eigenvalue weighted by molar-refractivity contribution is 9.10. The number of carbonyl (C=O) groups excluding carboxylic acids is 3. The molecule has 0 aliphatic rings. The van der Waals surface area contributed by atoms with Crippen LogP contribution in [0.1, 0.15) is 31.8 Å².